The predicted octanol–water partition coefficient (Wildman–Crippen LogP) is 3.61. The third-order valence-corrected chi connectivity index (χ3v) is 4.33. The van der Waals surface area contributed by atoms with Gasteiger partial charge in [0.15, 0.2) is 6.61 Å². The standard InChI is InChI=1S/C20H20O4/c1-23-19-9-5-4-8-17(19)18(21)13-24-20(22)16-11-10-14-6-2-3-7-15(14)12-16/h4-5,8-12H,2-3,6-7,13H2,1H3. The molecule has 4 nitrogen and oxygen atoms in total. The van der Waals surface area contributed by atoms with Crippen molar-refractivity contribution in [3.8, 4) is 5.75 Å². The molecule has 0 amide bonds. The average molecular weight is 324 g/mol. The minimum absolute atomic E-state index is 0.279. The molecule has 24 heavy (non-hydrogen) atoms. The number of methoxy groups -OCH3 is 1. The van der Waals surface area contributed by atoms with Gasteiger partial charge in [-0.3, -0.25) is 4.79 Å². The Kier molecular flexibility index (Phi) is 4.94. The summed E-state index contributed by atoms with van der Waals surface area (Å²) < 4.78 is 10.3. The highest BCUT2D eigenvalue weighted by Gasteiger charge is 2.17. The fourth-order valence-corrected chi connectivity index (χ4v) is 3.03. The Balaban J connectivity index is 1.66. The van der Waals surface area contributed by atoms with Gasteiger partial charge in [-0.1, -0.05) is 18.2 Å². The summed E-state index contributed by atoms with van der Waals surface area (Å²) in [7, 11) is 1.51. The van der Waals surface area contributed by atoms with Crippen LogP contribution in [0.5, 0.6) is 5.75 Å². The number of carbonyl (C=O) groups is 2. The molecule has 0 fully saturated rings. The SMILES string of the molecule is COc1ccccc1C(=O)COC(=O)c1ccc2c(c1)CCCC2. The molecule has 1 aliphatic carbocycles. The first kappa shape index (κ1) is 16.2. The number of hydrogen-bond donors (Lipinski definition) is 0. The maximum atomic E-state index is 12.2. The number of benzene rings is 2. The number of rotatable bonds is 5. The molecule has 0 unspecified atom stereocenters. The molecule has 0 heterocycles. The van der Waals surface area contributed by atoms with E-state index in [2.05, 4.69) is 0 Å². The predicted molar refractivity (Wildman–Crippen MR) is 90.7 cm³/mol. The number of Topliss-reactive ketones (excluding diaryl/α,β-unsaturated/α-hetero) is 1. The lowest BCUT2D eigenvalue weighted by molar-refractivity contribution is 0.0474. The average Bonchev–Trinajstić information content (AvgIpc) is 2.65. The number of ketones is 1. The smallest absolute Gasteiger partial charge is 0.338 e. The Morgan fingerprint density at radius 3 is 2.54 bits per heavy atom. The number of aryl methyl sites for hydroxylation is 2. The molecular weight excluding hydrogens is 304 g/mol. The third kappa shape index (κ3) is 3.48. The Morgan fingerprint density at radius 1 is 1.00 bits per heavy atom. The van der Waals surface area contributed by atoms with Crippen molar-refractivity contribution in [3.05, 3.63) is 64.7 Å². The summed E-state index contributed by atoms with van der Waals surface area (Å²) in [6.07, 6.45) is 4.41. The van der Waals surface area contributed by atoms with Gasteiger partial charge in [-0.25, -0.2) is 4.79 Å². The van der Waals surface area contributed by atoms with Crippen LogP contribution >= 0.6 is 0 Å². The van der Waals surface area contributed by atoms with E-state index in [9.17, 15) is 9.59 Å². The number of para-hydroxylation sites is 1. The minimum Gasteiger partial charge on any atom is -0.496 e. The molecule has 0 spiro atoms. The largest absolute Gasteiger partial charge is 0.496 e. The van der Waals surface area contributed by atoms with E-state index in [1.54, 1.807) is 30.3 Å². The van der Waals surface area contributed by atoms with Gasteiger partial charge in [-0.2, -0.15) is 0 Å². The summed E-state index contributed by atoms with van der Waals surface area (Å²) in [5, 5.41) is 0. The van der Waals surface area contributed by atoms with Gasteiger partial charge in [0.2, 0.25) is 5.78 Å². The first-order valence-electron chi connectivity index (χ1n) is 8.14. The summed E-state index contributed by atoms with van der Waals surface area (Å²) in [5.74, 6) is -0.266. The van der Waals surface area contributed by atoms with Crippen LogP contribution in [0.2, 0.25) is 0 Å². The Hall–Kier alpha value is -2.62. The number of fused-ring (bicyclic) bond motifs is 1. The van der Waals surface area contributed by atoms with Crippen LogP contribution in [-0.4, -0.2) is 25.5 Å². The molecule has 124 valence electrons. The molecule has 1 aliphatic rings. The van der Waals surface area contributed by atoms with Crippen LogP contribution in [0.25, 0.3) is 0 Å². The lowest BCUT2D eigenvalue weighted by atomic mass is 9.90. The summed E-state index contributed by atoms with van der Waals surface area (Å²) in [6.45, 7) is -0.295. The van der Waals surface area contributed by atoms with E-state index in [0.717, 1.165) is 19.3 Å². The molecule has 4 heteroatoms. The van der Waals surface area contributed by atoms with E-state index in [4.69, 9.17) is 9.47 Å². The maximum Gasteiger partial charge on any atom is 0.338 e. The fourth-order valence-electron chi connectivity index (χ4n) is 3.03. The summed E-state index contributed by atoms with van der Waals surface area (Å²) in [4.78, 5) is 24.5. The van der Waals surface area contributed by atoms with Crippen molar-refractivity contribution in [3.63, 3.8) is 0 Å². The first-order valence-corrected chi connectivity index (χ1v) is 8.14. The molecule has 2 aromatic carbocycles. The monoisotopic (exact) mass is 324 g/mol. The van der Waals surface area contributed by atoms with Crippen LogP contribution < -0.4 is 4.74 Å². The Morgan fingerprint density at radius 2 is 1.75 bits per heavy atom. The van der Waals surface area contributed by atoms with Gasteiger partial charge in [0.05, 0.1) is 18.2 Å². The molecule has 0 aromatic heterocycles. The van der Waals surface area contributed by atoms with Crippen molar-refractivity contribution in [2.24, 2.45) is 0 Å². The van der Waals surface area contributed by atoms with Crippen molar-refractivity contribution in [1.29, 1.82) is 0 Å². The van der Waals surface area contributed by atoms with E-state index in [1.807, 2.05) is 12.1 Å². The van der Waals surface area contributed by atoms with Gasteiger partial charge in [0.1, 0.15) is 5.75 Å². The Bertz CT molecular complexity index is 764. The molecule has 0 aliphatic heterocycles. The van der Waals surface area contributed by atoms with Crippen molar-refractivity contribution < 1.29 is 19.1 Å². The maximum absolute atomic E-state index is 12.2. The van der Waals surface area contributed by atoms with E-state index in [-0.39, 0.29) is 12.4 Å². The van der Waals surface area contributed by atoms with Crippen LogP contribution in [0.4, 0.5) is 0 Å². The van der Waals surface area contributed by atoms with Crippen molar-refractivity contribution in [1.82, 2.24) is 0 Å². The topological polar surface area (TPSA) is 52.6 Å². The van der Waals surface area contributed by atoms with Crippen LogP contribution in [0.15, 0.2) is 42.5 Å². The molecule has 0 atom stereocenters. The van der Waals surface area contributed by atoms with Gasteiger partial charge >= 0.3 is 5.97 Å². The molecule has 3 rings (SSSR count). The van der Waals surface area contributed by atoms with Gasteiger partial charge in [0.25, 0.3) is 0 Å². The van der Waals surface area contributed by atoms with Crippen LogP contribution in [0, 0.1) is 0 Å². The number of carbonyl (C=O) groups excluding carboxylic acids is 2. The normalized spacial score (nSPS) is 13.0. The number of hydrogen-bond acceptors (Lipinski definition) is 4. The summed E-state index contributed by atoms with van der Waals surface area (Å²) in [6, 6.07) is 12.6. The van der Waals surface area contributed by atoms with Crippen molar-refractivity contribution in [2.45, 2.75) is 25.7 Å². The van der Waals surface area contributed by atoms with Gasteiger partial charge in [-0.15, -0.1) is 0 Å². The third-order valence-electron chi connectivity index (χ3n) is 4.33. The number of ether oxygens (including phenoxy) is 2. The molecule has 0 radical (unpaired) electrons. The van der Waals surface area contributed by atoms with Gasteiger partial charge in [-0.05, 0) is 61.1 Å². The lowest BCUT2D eigenvalue weighted by Gasteiger charge is -2.16. The zero-order valence-electron chi connectivity index (χ0n) is 13.7. The van der Waals surface area contributed by atoms with Crippen LogP contribution in [-0.2, 0) is 17.6 Å². The second kappa shape index (κ2) is 7.30. The van der Waals surface area contributed by atoms with E-state index in [0.29, 0.717) is 16.9 Å². The van der Waals surface area contributed by atoms with Crippen LogP contribution in [0.1, 0.15) is 44.7 Å². The molecule has 2 aromatic rings. The van der Waals surface area contributed by atoms with Gasteiger partial charge in [0, 0.05) is 0 Å². The lowest BCUT2D eigenvalue weighted by Crippen LogP contribution is -2.15. The molecule has 0 N–H and O–H groups in total. The highest BCUT2D eigenvalue weighted by Crippen LogP contribution is 2.23. The second-order valence-corrected chi connectivity index (χ2v) is 5.89. The highest BCUT2D eigenvalue weighted by atomic mass is 16.5. The quantitative estimate of drug-likeness (QED) is 0.623. The van der Waals surface area contributed by atoms with E-state index in [1.165, 1.54) is 24.7 Å². The molecule has 0 saturated heterocycles. The fraction of sp³-hybridized carbons (Fsp3) is 0.300. The zero-order valence-corrected chi connectivity index (χ0v) is 13.7. The molecule has 0 saturated carbocycles. The first-order chi connectivity index (χ1) is 11.7. The van der Waals surface area contributed by atoms with Crippen LogP contribution in [0.3, 0.4) is 0 Å². The van der Waals surface area contributed by atoms with E-state index >= 15 is 0 Å². The highest BCUT2D eigenvalue weighted by molar-refractivity contribution is 6.01. The van der Waals surface area contributed by atoms with Crippen molar-refractivity contribution in [2.75, 3.05) is 13.7 Å². The molecule has 0 bridgehead atoms. The van der Waals surface area contributed by atoms with Crippen molar-refractivity contribution >= 4 is 11.8 Å². The van der Waals surface area contributed by atoms with Gasteiger partial charge < -0.3 is 9.47 Å². The summed E-state index contributed by atoms with van der Waals surface area (Å²) in [5.41, 5.74) is 3.44. The minimum atomic E-state index is -0.466. The van der Waals surface area contributed by atoms with E-state index < -0.39 is 5.97 Å². The zero-order chi connectivity index (χ0) is 16.9. The molecular formula is C20H20O4. The second-order valence-electron chi connectivity index (χ2n) is 5.89. The number of esters is 1. The Labute approximate surface area is 141 Å². The summed E-state index contributed by atoms with van der Waals surface area (Å²) >= 11 is 0.